The lowest BCUT2D eigenvalue weighted by atomic mass is 10.5. The van der Waals surface area contributed by atoms with Crippen molar-refractivity contribution in [3.05, 3.63) is 18.2 Å². The molecule has 0 aliphatic heterocycles. The molecule has 1 aromatic heterocycles. The van der Waals surface area contributed by atoms with Gasteiger partial charge in [-0.05, 0) is 0 Å². The summed E-state index contributed by atoms with van der Waals surface area (Å²) in [6.07, 6.45) is 3.51. The SMILES string of the molecule is COC(=O)c1c[n+](C)cn1C.O=S(=O)([O-])O. The van der Waals surface area contributed by atoms with Crippen LogP contribution >= 0.6 is 0 Å². The Kier molecular flexibility index (Phi) is 5.08. The van der Waals surface area contributed by atoms with Gasteiger partial charge in [0.05, 0.1) is 21.2 Å². The van der Waals surface area contributed by atoms with Crippen LogP contribution in [0, 0.1) is 0 Å². The summed E-state index contributed by atoms with van der Waals surface area (Å²) in [6, 6.07) is 0. The highest BCUT2D eigenvalue weighted by Crippen LogP contribution is 1.95. The monoisotopic (exact) mass is 252 g/mol. The van der Waals surface area contributed by atoms with Gasteiger partial charge in [0.1, 0.15) is 6.20 Å². The van der Waals surface area contributed by atoms with Gasteiger partial charge in [0.15, 0.2) is 0 Å². The van der Waals surface area contributed by atoms with Gasteiger partial charge in [-0.3, -0.25) is 4.55 Å². The zero-order valence-electron chi connectivity index (χ0n) is 8.95. The molecule has 0 aliphatic rings. The Morgan fingerprint density at radius 1 is 1.62 bits per heavy atom. The molecule has 0 spiro atoms. The Hall–Kier alpha value is -1.45. The smallest absolute Gasteiger partial charge is 0.382 e. The van der Waals surface area contributed by atoms with Crippen molar-refractivity contribution in [3.8, 4) is 0 Å². The molecule has 0 aliphatic carbocycles. The molecule has 0 unspecified atom stereocenters. The highest BCUT2D eigenvalue weighted by molar-refractivity contribution is 7.79. The van der Waals surface area contributed by atoms with Gasteiger partial charge in [0.25, 0.3) is 5.69 Å². The van der Waals surface area contributed by atoms with Crippen molar-refractivity contribution >= 4 is 16.4 Å². The molecular weight excluding hydrogens is 240 g/mol. The lowest BCUT2D eigenvalue weighted by molar-refractivity contribution is -0.671. The summed E-state index contributed by atoms with van der Waals surface area (Å²) in [6.45, 7) is 0. The van der Waals surface area contributed by atoms with E-state index in [-0.39, 0.29) is 5.97 Å². The van der Waals surface area contributed by atoms with E-state index in [2.05, 4.69) is 4.74 Å². The summed E-state index contributed by atoms with van der Waals surface area (Å²) >= 11 is 0. The maximum Gasteiger partial charge on any atom is 0.382 e. The Bertz CT molecular complexity index is 455. The molecule has 92 valence electrons. The van der Waals surface area contributed by atoms with Crippen LogP contribution in [-0.4, -0.2) is 35.2 Å². The third kappa shape index (κ3) is 6.11. The molecule has 8 nitrogen and oxygen atoms in total. The number of imidazole rings is 1. The van der Waals surface area contributed by atoms with Crippen LogP contribution in [0.5, 0.6) is 0 Å². The molecule has 0 saturated heterocycles. The summed E-state index contributed by atoms with van der Waals surface area (Å²) in [7, 11) is 0.105. The van der Waals surface area contributed by atoms with Crippen molar-refractivity contribution in [2.45, 2.75) is 0 Å². The van der Waals surface area contributed by atoms with Gasteiger partial charge >= 0.3 is 5.97 Å². The predicted molar refractivity (Wildman–Crippen MR) is 50.3 cm³/mol. The first-order valence-corrected chi connectivity index (χ1v) is 5.30. The number of aryl methyl sites for hydroxylation is 2. The molecule has 16 heavy (non-hydrogen) atoms. The Labute approximate surface area is 92.7 Å². The van der Waals surface area contributed by atoms with Gasteiger partial charge in [-0.2, -0.15) is 0 Å². The van der Waals surface area contributed by atoms with Gasteiger partial charge in [0.2, 0.25) is 16.7 Å². The zero-order valence-corrected chi connectivity index (χ0v) is 9.76. The molecule has 1 rings (SSSR count). The van der Waals surface area contributed by atoms with E-state index in [9.17, 15) is 4.79 Å². The van der Waals surface area contributed by atoms with E-state index >= 15 is 0 Å². The highest BCUT2D eigenvalue weighted by Gasteiger charge is 2.16. The van der Waals surface area contributed by atoms with E-state index < -0.39 is 10.4 Å². The standard InChI is InChI=1S/C7H11N2O2.H2O4S/c1-8-4-6(7(10)11-3)9(2)5-8;1-5(2,3)4/h4-5H,1-3H3;(H2,1,2,3,4)/q+1;/p-1. The zero-order chi connectivity index (χ0) is 12.9. The Balaban J connectivity index is 0.000000385. The average molecular weight is 252 g/mol. The number of nitrogens with zero attached hydrogens (tertiary/aromatic N) is 2. The molecule has 0 bridgehead atoms. The largest absolute Gasteiger partial charge is 0.726 e. The Morgan fingerprint density at radius 3 is 2.31 bits per heavy atom. The van der Waals surface area contributed by atoms with Crippen molar-refractivity contribution in [2.24, 2.45) is 14.1 Å². The van der Waals surface area contributed by atoms with Gasteiger partial charge in [-0.25, -0.2) is 22.3 Å². The molecule has 0 aromatic carbocycles. The second-order valence-electron chi connectivity index (χ2n) is 2.83. The van der Waals surface area contributed by atoms with Crippen LogP contribution in [0.1, 0.15) is 10.5 Å². The Morgan fingerprint density at radius 2 is 2.06 bits per heavy atom. The van der Waals surface area contributed by atoms with Crippen molar-refractivity contribution in [1.82, 2.24) is 4.57 Å². The van der Waals surface area contributed by atoms with Crippen molar-refractivity contribution in [2.75, 3.05) is 7.11 Å². The first-order valence-electron chi connectivity index (χ1n) is 3.93. The number of aromatic nitrogens is 2. The number of ether oxygens (including phenoxy) is 1. The van der Waals surface area contributed by atoms with Crippen molar-refractivity contribution in [3.63, 3.8) is 0 Å². The summed E-state index contributed by atoms with van der Waals surface area (Å²) in [5.41, 5.74) is 0.551. The lowest BCUT2D eigenvalue weighted by Crippen LogP contribution is -2.23. The topological polar surface area (TPSA) is 113 Å². The number of rotatable bonds is 1. The fraction of sp³-hybridized carbons (Fsp3) is 0.429. The number of esters is 1. The van der Waals surface area contributed by atoms with E-state index in [1.807, 2.05) is 7.05 Å². The number of hydrogen-bond donors (Lipinski definition) is 1. The number of methoxy groups -OCH3 is 1. The maximum atomic E-state index is 11.0. The predicted octanol–water partition coefficient (Wildman–Crippen LogP) is -1.36. The normalized spacial score (nSPS) is 10.3. The summed E-state index contributed by atoms with van der Waals surface area (Å²) in [5.74, 6) is -0.312. The molecule has 0 atom stereocenters. The van der Waals surface area contributed by atoms with Gasteiger partial charge in [0, 0.05) is 0 Å². The van der Waals surface area contributed by atoms with Crippen LogP contribution in [0.3, 0.4) is 0 Å². The molecule has 0 amide bonds. The van der Waals surface area contributed by atoms with Crippen molar-refractivity contribution in [1.29, 1.82) is 0 Å². The highest BCUT2D eigenvalue weighted by atomic mass is 32.3. The molecule has 1 heterocycles. The number of carbonyl (C=O) groups excluding carboxylic acids is 1. The average Bonchev–Trinajstić information content (AvgIpc) is 2.41. The third-order valence-corrected chi connectivity index (χ3v) is 1.46. The van der Waals surface area contributed by atoms with E-state index in [1.54, 1.807) is 28.7 Å². The van der Waals surface area contributed by atoms with E-state index in [0.29, 0.717) is 5.69 Å². The number of hydrogen-bond acceptors (Lipinski definition) is 5. The minimum Gasteiger partial charge on any atom is -0.726 e. The first kappa shape index (κ1) is 14.6. The fourth-order valence-electron chi connectivity index (χ4n) is 0.954. The molecule has 1 N–H and O–H groups in total. The van der Waals surface area contributed by atoms with Crippen LogP contribution < -0.4 is 4.57 Å². The van der Waals surface area contributed by atoms with Crippen LogP contribution in [0.4, 0.5) is 0 Å². The van der Waals surface area contributed by atoms with Crippen LogP contribution in [0.2, 0.25) is 0 Å². The van der Waals surface area contributed by atoms with Gasteiger partial charge in [-0.15, -0.1) is 0 Å². The minimum absolute atomic E-state index is 0.312. The molecule has 0 saturated carbocycles. The second kappa shape index (κ2) is 5.58. The van der Waals surface area contributed by atoms with Crippen LogP contribution in [0.15, 0.2) is 12.5 Å². The van der Waals surface area contributed by atoms with Crippen LogP contribution in [0.25, 0.3) is 0 Å². The summed E-state index contributed by atoms with van der Waals surface area (Å²) in [5, 5.41) is 0. The number of carbonyl (C=O) groups is 1. The lowest BCUT2D eigenvalue weighted by Gasteiger charge is -1.91. The fourth-order valence-corrected chi connectivity index (χ4v) is 0.954. The van der Waals surface area contributed by atoms with Gasteiger partial charge < -0.3 is 9.29 Å². The van der Waals surface area contributed by atoms with E-state index in [1.165, 1.54) is 7.11 Å². The molecule has 0 radical (unpaired) electrons. The van der Waals surface area contributed by atoms with Crippen LogP contribution in [-0.2, 0) is 29.2 Å². The maximum absolute atomic E-state index is 11.0. The molecule has 1 aromatic rings. The minimum atomic E-state index is -4.92. The summed E-state index contributed by atoms with van der Waals surface area (Å²) < 4.78 is 40.9. The molecule has 9 heteroatoms. The van der Waals surface area contributed by atoms with E-state index in [4.69, 9.17) is 17.5 Å². The molecular formula is C7H12N2O6S. The third-order valence-electron chi connectivity index (χ3n) is 1.46. The summed E-state index contributed by atoms with van der Waals surface area (Å²) in [4.78, 5) is 11.0. The van der Waals surface area contributed by atoms with Crippen molar-refractivity contribution < 1.29 is 31.6 Å². The molecule has 0 fully saturated rings. The second-order valence-corrected chi connectivity index (χ2v) is 3.68. The quantitative estimate of drug-likeness (QED) is 0.286. The first-order chi connectivity index (χ1) is 7.15. The van der Waals surface area contributed by atoms with E-state index in [0.717, 1.165) is 0 Å². The van der Waals surface area contributed by atoms with Gasteiger partial charge in [-0.1, -0.05) is 0 Å².